The van der Waals surface area contributed by atoms with E-state index in [1.54, 1.807) is 6.08 Å². The molecule has 2 heterocycles. The molecule has 0 aromatic rings. The Bertz CT molecular complexity index is 347. The summed E-state index contributed by atoms with van der Waals surface area (Å²) in [6.45, 7) is 0. The molecule has 0 saturated carbocycles. The van der Waals surface area contributed by atoms with Crippen LogP contribution in [0.3, 0.4) is 0 Å². The normalized spacial score (nSPS) is 30.0. The molecular weight excluding hydrogens is 263 g/mol. The number of amidine groups is 1. The number of halogens is 4. The third-order valence-electron chi connectivity index (χ3n) is 1.86. The van der Waals surface area contributed by atoms with Crippen molar-refractivity contribution < 1.29 is 13.2 Å². The number of fused-ring (bicyclic) bond motifs is 1. The Labute approximate surface area is 86.1 Å². The molecule has 7 heteroatoms. The van der Waals surface area contributed by atoms with Crippen LogP contribution in [0.15, 0.2) is 29.5 Å². The van der Waals surface area contributed by atoms with Crippen LogP contribution in [0.1, 0.15) is 0 Å². The standard InChI is InChI=1S/C7H5BrF3N3/c8-6(7(9,10)11)13-12-5-3-1-2-4-14(5)6/h1-4,13H. The van der Waals surface area contributed by atoms with Crippen LogP contribution < -0.4 is 5.43 Å². The van der Waals surface area contributed by atoms with Gasteiger partial charge in [-0.1, -0.05) is 6.08 Å². The Balaban J connectivity index is 2.36. The summed E-state index contributed by atoms with van der Waals surface area (Å²) in [6.07, 6.45) is 1.45. The van der Waals surface area contributed by atoms with E-state index in [4.69, 9.17) is 0 Å². The van der Waals surface area contributed by atoms with E-state index in [1.807, 2.05) is 5.43 Å². The van der Waals surface area contributed by atoms with Crippen molar-refractivity contribution in [1.29, 1.82) is 0 Å². The Morgan fingerprint density at radius 3 is 2.79 bits per heavy atom. The van der Waals surface area contributed by atoms with Gasteiger partial charge in [-0.05, 0) is 28.1 Å². The summed E-state index contributed by atoms with van der Waals surface area (Å²) in [5.74, 6) is 0.224. The number of nitrogens with one attached hydrogen (secondary N) is 1. The first-order chi connectivity index (χ1) is 6.45. The van der Waals surface area contributed by atoms with E-state index >= 15 is 0 Å². The first kappa shape index (κ1) is 9.57. The zero-order valence-electron chi connectivity index (χ0n) is 6.72. The zero-order chi connectivity index (χ0) is 10.4. The Morgan fingerprint density at radius 2 is 2.14 bits per heavy atom. The van der Waals surface area contributed by atoms with Gasteiger partial charge in [0.15, 0.2) is 5.84 Å². The molecular formula is C7H5BrF3N3. The lowest BCUT2D eigenvalue weighted by Gasteiger charge is -2.33. The number of allylic oxidation sites excluding steroid dienone is 2. The third-order valence-corrected chi connectivity index (χ3v) is 2.87. The number of hydrazone groups is 1. The molecule has 0 spiro atoms. The van der Waals surface area contributed by atoms with Gasteiger partial charge in [-0.3, -0.25) is 10.3 Å². The molecule has 1 atom stereocenters. The second-order valence-corrected chi connectivity index (χ2v) is 3.92. The fraction of sp³-hybridized carbons (Fsp3) is 0.286. The SMILES string of the molecule is FC(F)(F)C1(Br)NN=C2C=CC=CN21. The molecule has 14 heavy (non-hydrogen) atoms. The van der Waals surface area contributed by atoms with E-state index in [2.05, 4.69) is 21.0 Å². The lowest BCUT2D eigenvalue weighted by atomic mass is 10.3. The highest BCUT2D eigenvalue weighted by molar-refractivity contribution is 9.10. The molecule has 76 valence electrons. The number of nitrogens with zero attached hydrogens (tertiary/aromatic N) is 2. The summed E-state index contributed by atoms with van der Waals surface area (Å²) in [5.41, 5.74) is 2.02. The van der Waals surface area contributed by atoms with Gasteiger partial charge in [-0.25, -0.2) is 0 Å². The molecule has 1 N–H and O–H groups in total. The smallest absolute Gasteiger partial charge is 0.290 e. The first-order valence-corrected chi connectivity index (χ1v) is 4.49. The lowest BCUT2D eigenvalue weighted by Crippen LogP contribution is -2.57. The molecule has 3 nitrogen and oxygen atoms in total. The summed E-state index contributed by atoms with van der Waals surface area (Å²) in [7, 11) is 0. The van der Waals surface area contributed by atoms with Gasteiger partial charge < -0.3 is 0 Å². The van der Waals surface area contributed by atoms with Crippen molar-refractivity contribution in [3.05, 3.63) is 24.4 Å². The Kier molecular flexibility index (Phi) is 1.88. The number of hydrogen-bond donors (Lipinski definition) is 1. The van der Waals surface area contributed by atoms with Crippen LogP contribution in [0.5, 0.6) is 0 Å². The summed E-state index contributed by atoms with van der Waals surface area (Å²) in [5, 5.41) is 3.56. The maximum atomic E-state index is 12.6. The van der Waals surface area contributed by atoms with Crippen LogP contribution in [-0.4, -0.2) is 21.5 Å². The Hall–Kier alpha value is -0.980. The molecule has 2 rings (SSSR count). The molecule has 0 aliphatic carbocycles. The van der Waals surface area contributed by atoms with Gasteiger partial charge in [0.1, 0.15) is 0 Å². The van der Waals surface area contributed by atoms with Crippen molar-refractivity contribution in [3.8, 4) is 0 Å². The summed E-state index contributed by atoms with van der Waals surface area (Å²) < 4.78 is 35.6. The van der Waals surface area contributed by atoms with Gasteiger partial charge in [-0.2, -0.15) is 18.3 Å². The molecule has 1 unspecified atom stereocenters. The molecule has 2 aliphatic heterocycles. The van der Waals surface area contributed by atoms with Gasteiger partial charge in [0.05, 0.1) is 0 Å². The minimum absolute atomic E-state index is 0.224. The first-order valence-electron chi connectivity index (χ1n) is 3.70. The summed E-state index contributed by atoms with van der Waals surface area (Å²) in [4.78, 5) is 0.979. The van der Waals surface area contributed by atoms with Crippen LogP contribution in [0, 0.1) is 0 Å². The van der Waals surface area contributed by atoms with E-state index in [1.165, 1.54) is 18.4 Å². The van der Waals surface area contributed by atoms with Crippen LogP contribution in [0.2, 0.25) is 0 Å². The van der Waals surface area contributed by atoms with Crippen molar-refractivity contribution >= 4 is 21.8 Å². The van der Waals surface area contributed by atoms with E-state index in [0.29, 0.717) is 0 Å². The van der Waals surface area contributed by atoms with Gasteiger partial charge in [0, 0.05) is 6.20 Å². The number of rotatable bonds is 0. The molecule has 0 saturated heterocycles. The minimum Gasteiger partial charge on any atom is -0.290 e. The van der Waals surface area contributed by atoms with Gasteiger partial charge in [0.2, 0.25) is 0 Å². The quantitative estimate of drug-likeness (QED) is 0.536. The molecule has 0 aromatic heterocycles. The molecule has 0 fully saturated rings. The number of alkyl halides is 4. The highest BCUT2D eigenvalue weighted by Crippen LogP contribution is 2.41. The molecule has 0 bridgehead atoms. The maximum Gasteiger partial charge on any atom is 0.443 e. The molecule has 2 aliphatic rings. The van der Waals surface area contributed by atoms with Crippen molar-refractivity contribution in [2.45, 2.75) is 10.7 Å². The van der Waals surface area contributed by atoms with Crippen LogP contribution in [-0.2, 0) is 0 Å². The van der Waals surface area contributed by atoms with E-state index in [9.17, 15) is 13.2 Å². The van der Waals surface area contributed by atoms with Crippen molar-refractivity contribution in [1.82, 2.24) is 10.3 Å². The van der Waals surface area contributed by atoms with Crippen molar-refractivity contribution in [2.24, 2.45) is 5.10 Å². The van der Waals surface area contributed by atoms with Gasteiger partial charge in [-0.15, -0.1) is 0 Å². The highest BCUT2D eigenvalue weighted by atomic mass is 79.9. The van der Waals surface area contributed by atoms with Crippen molar-refractivity contribution in [2.75, 3.05) is 0 Å². The third kappa shape index (κ3) is 1.15. The summed E-state index contributed by atoms with van der Waals surface area (Å²) in [6, 6.07) is 0. The molecule has 0 aromatic carbocycles. The van der Waals surface area contributed by atoms with Crippen LogP contribution in [0.25, 0.3) is 0 Å². The molecule has 0 radical (unpaired) electrons. The monoisotopic (exact) mass is 267 g/mol. The average Bonchev–Trinajstić information content (AvgIpc) is 2.45. The topological polar surface area (TPSA) is 27.6 Å². The number of hydrogen-bond acceptors (Lipinski definition) is 3. The van der Waals surface area contributed by atoms with E-state index in [-0.39, 0.29) is 5.84 Å². The molecule has 0 amide bonds. The van der Waals surface area contributed by atoms with Gasteiger partial charge >= 0.3 is 6.18 Å². The average molecular weight is 268 g/mol. The largest absolute Gasteiger partial charge is 0.443 e. The van der Waals surface area contributed by atoms with Crippen LogP contribution >= 0.6 is 15.9 Å². The summed E-state index contributed by atoms with van der Waals surface area (Å²) >= 11 is 2.60. The maximum absolute atomic E-state index is 12.6. The van der Waals surface area contributed by atoms with Crippen molar-refractivity contribution in [3.63, 3.8) is 0 Å². The predicted octanol–water partition coefficient (Wildman–Crippen LogP) is 1.90. The Morgan fingerprint density at radius 1 is 1.43 bits per heavy atom. The highest BCUT2D eigenvalue weighted by Gasteiger charge is 2.60. The second kappa shape index (κ2) is 2.75. The fourth-order valence-corrected chi connectivity index (χ4v) is 1.56. The van der Waals surface area contributed by atoms with Crippen LogP contribution in [0.4, 0.5) is 13.2 Å². The van der Waals surface area contributed by atoms with E-state index < -0.39 is 10.7 Å². The minimum atomic E-state index is -4.46. The zero-order valence-corrected chi connectivity index (χ0v) is 8.30. The predicted molar refractivity (Wildman–Crippen MR) is 48.4 cm³/mol. The van der Waals surface area contributed by atoms with Gasteiger partial charge in [0.25, 0.3) is 4.57 Å². The lowest BCUT2D eigenvalue weighted by molar-refractivity contribution is -0.183. The van der Waals surface area contributed by atoms with E-state index in [0.717, 1.165) is 4.90 Å². The second-order valence-electron chi connectivity index (χ2n) is 2.77. The fourth-order valence-electron chi connectivity index (χ4n) is 1.17.